The summed E-state index contributed by atoms with van der Waals surface area (Å²) < 4.78 is 0. The molecule has 0 nitrogen and oxygen atoms in total. The normalized spacial score (nSPS) is 12.2. The van der Waals surface area contributed by atoms with Gasteiger partial charge in [-0.15, -0.1) is 0 Å². The zero-order valence-corrected chi connectivity index (χ0v) is 25.4. The van der Waals surface area contributed by atoms with Gasteiger partial charge in [-0.1, -0.05) is 138 Å². The molecule has 0 amide bonds. The lowest BCUT2D eigenvalue weighted by atomic mass is 10.2. The molecular formula is C27H32Si4. The number of benzene rings is 4. The van der Waals surface area contributed by atoms with Crippen LogP contribution < -0.4 is 36.3 Å². The molecule has 0 spiro atoms. The van der Waals surface area contributed by atoms with Crippen LogP contribution in [0.1, 0.15) is 16.7 Å². The Bertz CT molecular complexity index is 1210. The summed E-state index contributed by atoms with van der Waals surface area (Å²) in [7, 11) is -0.329. The quantitative estimate of drug-likeness (QED) is 0.286. The summed E-state index contributed by atoms with van der Waals surface area (Å²) >= 11 is 0. The van der Waals surface area contributed by atoms with E-state index in [1.54, 1.807) is 36.3 Å². The van der Waals surface area contributed by atoms with E-state index in [1.165, 1.54) is 16.7 Å². The minimum absolute atomic E-state index is 0.478. The average molecular weight is 469 g/mol. The predicted octanol–water partition coefficient (Wildman–Crippen LogP) is -2.04. The van der Waals surface area contributed by atoms with Gasteiger partial charge in [0.25, 0.3) is 0 Å². The Kier molecular flexibility index (Phi) is 7.02. The van der Waals surface area contributed by atoms with Crippen molar-refractivity contribution in [2.45, 2.75) is 20.8 Å². The summed E-state index contributed by atoms with van der Waals surface area (Å²) in [5.74, 6) is 0. The summed E-state index contributed by atoms with van der Waals surface area (Å²) in [5.41, 5.74) is 4.41. The van der Waals surface area contributed by atoms with E-state index in [9.17, 15) is 0 Å². The molecule has 0 N–H and O–H groups in total. The molecule has 0 fully saturated rings. The Balaban J connectivity index is 1.83. The zero-order chi connectivity index (χ0) is 21.8. The Morgan fingerprint density at radius 2 is 0.871 bits per heavy atom. The standard InChI is InChI=1S/C27H32Si4/c1-18-10-4-7-13-22(18)29-25-17-16-21(28)26(30-23-14-8-5-11-19(23)2)27(25)31-24-15-9-6-12-20(24)3/h4-17H,29-31H2,1-3,28H3. The second-order valence-corrected chi connectivity index (χ2v) is 15.4. The van der Waals surface area contributed by atoms with E-state index in [2.05, 4.69) is 106 Å². The van der Waals surface area contributed by atoms with E-state index >= 15 is 0 Å². The number of hydrogen-bond acceptors (Lipinski definition) is 0. The van der Waals surface area contributed by atoms with Gasteiger partial charge in [0.15, 0.2) is 0 Å². The fourth-order valence-electron chi connectivity index (χ4n) is 4.50. The molecule has 0 saturated heterocycles. The van der Waals surface area contributed by atoms with Crippen molar-refractivity contribution in [3.05, 3.63) is 102 Å². The predicted molar refractivity (Wildman–Crippen MR) is 153 cm³/mol. The Labute approximate surface area is 197 Å². The maximum Gasteiger partial charge on any atom is 0.0876 e. The minimum atomic E-state index is -0.507. The zero-order valence-electron chi connectivity index (χ0n) is 19.2. The molecule has 0 aromatic heterocycles. The third-order valence-corrected chi connectivity index (χ3v) is 16.4. The molecule has 4 aromatic carbocycles. The molecule has 156 valence electrons. The van der Waals surface area contributed by atoms with Crippen molar-refractivity contribution < 1.29 is 0 Å². The fourth-order valence-corrected chi connectivity index (χ4v) is 13.1. The second kappa shape index (κ2) is 9.91. The van der Waals surface area contributed by atoms with E-state index in [0.29, 0.717) is 0 Å². The lowest BCUT2D eigenvalue weighted by Gasteiger charge is -2.20. The lowest BCUT2D eigenvalue weighted by Crippen LogP contribution is -2.60. The molecule has 4 heteroatoms. The molecule has 0 unspecified atom stereocenters. The summed E-state index contributed by atoms with van der Waals surface area (Å²) in [6, 6.07) is 32.2. The van der Waals surface area contributed by atoms with Gasteiger partial charge < -0.3 is 0 Å². The molecule has 31 heavy (non-hydrogen) atoms. The molecule has 0 bridgehead atoms. The maximum atomic E-state index is 2.51. The van der Waals surface area contributed by atoms with Crippen molar-refractivity contribution in [2.24, 2.45) is 0 Å². The van der Waals surface area contributed by atoms with Crippen molar-refractivity contribution in [3.8, 4) is 0 Å². The highest BCUT2D eigenvalue weighted by atomic mass is 28.2. The van der Waals surface area contributed by atoms with E-state index in [0.717, 1.165) is 10.2 Å². The summed E-state index contributed by atoms with van der Waals surface area (Å²) in [6.45, 7) is 6.87. The van der Waals surface area contributed by atoms with Gasteiger partial charge in [-0.05, 0) is 20.8 Å². The highest BCUT2D eigenvalue weighted by Gasteiger charge is 2.16. The summed E-state index contributed by atoms with van der Waals surface area (Å²) in [5, 5.41) is 11.8. The molecule has 0 aliphatic heterocycles. The van der Waals surface area contributed by atoms with Gasteiger partial charge in [-0.2, -0.15) is 0 Å². The van der Waals surface area contributed by atoms with Crippen LogP contribution in [-0.4, -0.2) is 38.8 Å². The molecule has 0 aliphatic rings. The Hall–Kier alpha value is -2.25. The molecule has 0 heterocycles. The maximum absolute atomic E-state index is 2.51. The van der Waals surface area contributed by atoms with Crippen LogP contribution in [0.5, 0.6) is 0 Å². The average Bonchev–Trinajstić information content (AvgIpc) is 2.76. The first-order valence-corrected chi connectivity index (χ1v) is 16.5. The van der Waals surface area contributed by atoms with Crippen LogP contribution in [0.2, 0.25) is 0 Å². The van der Waals surface area contributed by atoms with Crippen LogP contribution in [0.3, 0.4) is 0 Å². The smallest absolute Gasteiger partial charge is 0.0719 e. The van der Waals surface area contributed by atoms with Gasteiger partial charge in [-0.3, -0.25) is 0 Å². The van der Waals surface area contributed by atoms with Crippen LogP contribution in [0.15, 0.2) is 84.9 Å². The van der Waals surface area contributed by atoms with Crippen molar-refractivity contribution in [1.29, 1.82) is 0 Å². The third kappa shape index (κ3) is 5.15. The van der Waals surface area contributed by atoms with Gasteiger partial charge >= 0.3 is 0 Å². The Morgan fingerprint density at radius 3 is 1.35 bits per heavy atom. The first kappa shape index (κ1) is 22.0. The highest BCUT2D eigenvalue weighted by Crippen LogP contribution is 1.95. The van der Waals surface area contributed by atoms with Crippen LogP contribution >= 0.6 is 0 Å². The van der Waals surface area contributed by atoms with Crippen molar-refractivity contribution in [1.82, 2.24) is 0 Å². The van der Waals surface area contributed by atoms with Crippen molar-refractivity contribution in [3.63, 3.8) is 0 Å². The van der Waals surface area contributed by atoms with E-state index in [4.69, 9.17) is 0 Å². The first-order chi connectivity index (χ1) is 15.0. The third-order valence-electron chi connectivity index (χ3n) is 6.66. The fraction of sp³-hybridized carbons (Fsp3) is 0.111. The number of hydrogen-bond donors (Lipinski definition) is 0. The highest BCUT2D eigenvalue weighted by molar-refractivity contribution is 6.86. The van der Waals surface area contributed by atoms with Crippen LogP contribution in [0, 0.1) is 20.8 Å². The number of rotatable bonds is 6. The largest absolute Gasteiger partial charge is 0.0876 e. The molecule has 0 radical (unpaired) electrons. The summed E-state index contributed by atoms with van der Waals surface area (Å²) in [4.78, 5) is 0. The second-order valence-electron chi connectivity index (χ2n) is 8.81. The molecule has 0 saturated carbocycles. The Morgan fingerprint density at radius 1 is 0.452 bits per heavy atom. The van der Waals surface area contributed by atoms with Gasteiger partial charge in [0.1, 0.15) is 0 Å². The van der Waals surface area contributed by atoms with Crippen molar-refractivity contribution in [2.75, 3.05) is 0 Å². The van der Waals surface area contributed by atoms with Gasteiger partial charge in [0.05, 0.1) is 28.6 Å². The van der Waals surface area contributed by atoms with Gasteiger partial charge in [0.2, 0.25) is 0 Å². The molecule has 0 aliphatic carbocycles. The van der Waals surface area contributed by atoms with Crippen molar-refractivity contribution >= 4 is 75.1 Å². The van der Waals surface area contributed by atoms with Crippen LogP contribution in [-0.2, 0) is 0 Å². The van der Waals surface area contributed by atoms with E-state index in [-0.39, 0.29) is 0 Å². The minimum Gasteiger partial charge on any atom is -0.0719 e. The molecule has 0 atom stereocenters. The van der Waals surface area contributed by atoms with Gasteiger partial charge in [-0.25, -0.2) is 0 Å². The lowest BCUT2D eigenvalue weighted by molar-refractivity contribution is 1.51. The van der Waals surface area contributed by atoms with Gasteiger partial charge in [0, 0.05) is 10.2 Å². The molecule has 4 rings (SSSR count). The van der Waals surface area contributed by atoms with Crippen LogP contribution in [0.25, 0.3) is 0 Å². The molecule has 4 aromatic rings. The number of aryl methyl sites for hydroxylation is 3. The van der Waals surface area contributed by atoms with Crippen LogP contribution in [0.4, 0.5) is 0 Å². The SMILES string of the molecule is Cc1ccccc1[SiH2]c1ccc([SiH3])c([SiH2]c2ccccc2C)c1[SiH2]c1ccccc1C. The molecular weight excluding hydrogens is 437 g/mol. The topological polar surface area (TPSA) is 0 Å². The van der Waals surface area contributed by atoms with E-state index in [1.807, 2.05) is 0 Å². The summed E-state index contributed by atoms with van der Waals surface area (Å²) in [6.07, 6.45) is 0. The van der Waals surface area contributed by atoms with E-state index < -0.39 is 28.6 Å². The monoisotopic (exact) mass is 468 g/mol. The first-order valence-electron chi connectivity index (χ1n) is 11.3.